The summed E-state index contributed by atoms with van der Waals surface area (Å²) in [5, 5.41) is 10.2. The maximum atomic E-state index is 10.2. The molecule has 3 heteroatoms. The number of unbranched alkanes of at least 4 members (excludes halogenated alkanes) is 3. The average Bonchev–Trinajstić information content (AvgIpc) is 2.21. The number of hydrogen-bond donors (Lipinski definition) is 1. The largest absolute Gasteiger partial charge is 0.415 e. The predicted octanol–water partition coefficient (Wildman–Crippen LogP) is 4.34. The summed E-state index contributed by atoms with van der Waals surface area (Å²) in [6, 6.07) is 0. The standard InChI is InChI=1S/C14H32O2Si/c1-7-8-9-10-11-14(15)13(4)17(5,6)16-12(2)3/h12-15H,7-11H2,1-6H3/t13-,14+/m1/s1. The molecule has 0 radical (unpaired) electrons. The molecular weight excluding hydrogens is 228 g/mol. The highest BCUT2D eigenvalue weighted by molar-refractivity contribution is 6.72. The van der Waals surface area contributed by atoms with Crippen LogP contribution in [0.3, 0.4) is 0 Å². The molecule has 104 valence electrons. The Kier molecular flexibility index (Phi) is 8.34. The Morgan fingerprint density at radius 2 is 1.65 bits per heavy atom. The van der Waals surface area contributed by atoms with Gasteiger partial charge in [0, 0.05) is 11.6 Å². The van der Waals surface area contributed by atoms with Crippen molar-refractivity contribution in [1.82, 2.24) is 0 Å². The van der Waals surface area contributed by atoms with Crippen molar-refractivity contribution in [2.75, 3.05) is 0 Å². The molecule has 0 unspecified atom stereocenters. The Balaban J connectivity index is 4.05. The molecule has 0 bridgehead atoms. The van der Waals surface area contributed by atoms with Gasteiger partial charge in [-0.2, -0.15) is 0 Å². The normalized spacial score (nSPS) is 16.2. The highest BCUT2D eigenvalue weighted by atomic mass is 28.4. The lowest BCUT2D eigenvalue weighted by atomic mass is 10.1. The predicted molar refractivity (Wildman–Crippen MR) is 77.9 cm³/mol. The fourth-order valence-electron chi connectivity index (χ4n) is 2.21. The van der Waals surface area contributed by atoms with Gasteiger partial charge in [-0.25, -0.2) is 0 Å². The van der Waals surface area contributed by atoms with Crippen LogP contribution in [0.15, 0.2) is 0 Å². The summed E-state index contributed by atoms with van der Waals surface area (Å²) >= 11 is 0. The molecule has 0 saturated heterocycles. The van der Waals surface area contributed by atoms with E-state index in [4.69, 9.17) is 4.43 Å². The maximum absolute atomic E-state index is 10.2. The van der Waals surface area contributed by atoms with E-state index >= 15 is 0 Å². The molecule has 0 aromatic rings. The lowest BCUT2D eigenvalue weighted by Crippen LogP contribution is -2.42. The minimum atomic E-state index is -1.75. The first-order chi connectivity index (χ1) is 7.81. The molecule has 0 aliphatic rings. The van der Waals surface area contributed by atoms with Gasteiger partial charge in [0.25, 0.3) is 0 Å². The van der Waals surface area contributed by atoms with E-state index < -0.39 is 8.32 Å². The van der Waals surface area contributed by atoms with Crippen LogP contribution >= 0.6 is 0 Å². The number of aliphatic hydroxyl groups is 1. The Morgan fingerprint density at radius 3 is 2.12 bits per heavy atom. The third-order valence-electron chi connectivity index (χ3n) is 3.57. The molecule has 0 heterocycles. The third kappa shape index (κ3) is 7.22. The van der Waals surface area contributed by atoms with Gasteiger partial charge < -0.3 is 9.53 Å². The zero-order chi connectivity index (χ0) is 13.5. The highest BCUT2D eigenvalue weighted by Gasteiger charge is 2.35. The van der Waals surface area contributed by atoms with Crippen molar-refractivity contribution in [2.45, 2.75) is 90.6 Å². The SMILES string of the molecule is CCCCCC[C@H](O)[C@@H](C)[Si](C)(C)OC(C)C. The molecule has 0 aliphatic heterocycles. The van der Waals surface area contributed by atoms with Crippen LogP contribution in [-0.2, 0) is 4.43 Å². The van der Waals surface area contributed by atoms with Crippen LogP contribution in [0.2, 0.25) is 18.6 Å². The lowest BCUT2D eigenvalue weighted by Gasteiger charge is -2.34. The van der Waals surface area contributed by atoms with E-state index in [2.05, 4.69) is 40.8 Å². The first-order valence-electron chi connectivity index (χ1n) is 7.17. The molecule has 0 aromatic heterocycles. The summed E-state index contributed by atoms with van der Waals surface area (Å²) in [4.78, 5) is 0. The van der Waals surface area contributed by atoms with Crippen molar-refractivity contribution in [3.05, 3.63) is 0 Å². The molecule has 0 spiro atoms. The fourth-order valence-corrected chi connectivity index (χ4v) is 4.73. The Morgan fingerprint density at radius 1 is 1.06 bits per heavy atom. The molecule has 2 atom stereocenters. The number of aliphatic hydroxyl groups excluding tert-OH is 1. The Hall–Kier alpha value is 0.137. The van der Waals surface area contributed by atoms with E-state index in [9.17, 15) is 5.11 Å². The van der Waals surface area contributed by atoms with Crippen molar-refractivity contribution in [3.8, 4) is 0 Å². The zero-order valence-corrected chi connectivity index (χ0v) is 13.6. The Labute approximate surface area is 109 Å². The summed E-state index contributed by atoms with van der Waals surface area (Å²) < 4.78 is 6.03. The minimum absolute atomic E-state index is 0.188. The van der Waals surface area contributed by atoms with Gasteiger partial charge in [-0.1, -0.05) is 39.5 Å². The number of rotatable bonds is 9. The topological polar surface area (TPSA) is 29.5 Å². The van der Waals surface area contributed by atoms with Crippen LogP contribution in [-0.4, -0.2) is 25.6 Å². The second kappa shape index (κ2) is 8.28. The van der Waals surface area contributed by atoms with Crippen LogP contribution in [0.4, 0.5) is 0 Å². The second-order valence-electron chi connectivity index (χ2n) is 5.98. The van der Waals surface area contributed by atoms with Gasteiger partial charge in [-0.05, 0) is 33.4 Å². The Bertz CT molecular complexity index is 193. The van der Waals surface area contributed by atoms with E-state index in [1.54, 1.807) is 0 Å². The van der Waals surface area contributed by atoms with Crippen molar-refractivity contribution < 1.29 is 9.53 Å². The minimum Gasteiger partial charge on any atom is -0.415 e. The molecule has 0 amide bonds. The highest BCUT2D eigenvalue weighted by Crippen LogP contribution is 2.29. The lowest BCUT2D eigenvalue weighted by molar-refractivity contribution is 0.136. The van der Waals surface area contributed by atoms with E-state index in [0.717, 1.165) is 12.8 Å². The fraction of sp³-hybridized carbons (Fsp3) is 1.00. The summed E-state index contributed by atoms with van der Waals surface area (Å²) in [5.74, 6) is 0. The molecule has 1 N–H and O–H groups in total. The molecule has 0 aliphatic carbocycles. The molecule has 0 aromatic carbocycles. The van der Waals surface area contributed by atoms with Gasteiger partial charge in [0.1, 0.15) is 0 Å². The third-order valence-corrected chi connectivity index (χ3v) is 7.22. The molecule has 17 heavy (non-hydrogen) atoms. The van der Waals surface area contributed by atoms with E-state index in [1.807, 2.05) is 0 Å². The van der Waals surface area contributed by atoms with Gasteiger partial charge in [-0.15, -0.1) is 0 Å². The van der Waals surface area contributed by atoms with Gasteiger partial charge in [0.2, 0.25) is 0 Å². The summed E-state index contributed by atoms with van der Waals surface area (Å²) in [6.45, 7) is 13.0. The van der Waals surface area contributed by atoms with Crippen LogP contribution in [0, 0.1) is 0 Å². The van der Waals surface area contributed by atoms with Gasteiger partial charge >= 0.3 is 0 Å². The van der Waals surface area contributed by atoms with Crippen molar-refractivity contribution in [1.29, 1.82) is 0 Å². The van der Waals surface area contributed by atoms with E-state index in [0.29, 0.717) is 5.54 Å². The maximum Gasteiger partial charge on any atom is 0.192 e. The van der Waals surface area contributed by atoms with Crippen molar-refractivity contribution in [3.63, 3.8) is 0 Å². The van der Waals surface area contributed by atoms with Crippen molar-refractivity contribution >= 4 is 8.32 Å². The molecule has 0 saturated carbocycles. The quantitative estimate of drug-likeness (QED) is 0.494. The summed E-state index contributed by atoms with van der Waals surface area (Å²) in [7, 11) is -1.75. The second-order valence-corrected chi connectivity index (χ2v) is 10.3. The first-order valence-corrected chi connectivity index (χ1v) is 10.2. The van der Waals surface area contributed by atoms with Gasteiger partial charge in [0.05, 0.1) is 6.10 Å². The number of hydrogen-bond acceptors (Lipinski definition) is 2. The van der Waals surface area contributed by atoms with E-state index in [1.165, 1.54) is 19.3 Å². The molecular formula is C14H32O2Si. The van der Waals surface area contributed by atoms with Crippen LogP contribution < -0.4 is 0 Å². The first kappa shape index (κ1) is 17.1. The zero-order valence-electron chi connectivity index (χ0n) is 12.6. The molecule has 0 rings (SSSR count). The van der Waals surface area contributed by atoms with Crippen LogP contribution in [0.25, 0.3) is 0 Å². The average molecular weight is 260 g/mol. The van der Waals surface area contributed by atoms with Gasteiger partial charge in [0.15, 0.2) is 8.32 Å². The summed E-state index contributed by atoms with van der Waals surface area (Å²) in [5.41, 5.74) is 0.312. The molecule has 0 fully saturated rings. The van der Waals surface area contributed by atoms with Crippen LogP contribution in [0.1, 0.15) is 59.8 Å². The van der Waals surface area contributed by atoms with E-state index in [-0.39, 0.29) is 12.2 Å². The molecule has 2 nitrogen and oxygen atoms in total. The van der Waals surface area contributed by atoms with Crippen molar-refractivity contribution in [2.24, 2.45) is 0 Å². The van der Waals surface area contributed by atoms with Crippen LogP contribution in [0.5, 0.6) is 0 Å². The van der Waals surface area contributed by atoms with Gasteiger partial charge in [-0.3, -0.25) is 0 Å². The smallest absolute Gasteiger partial charge is 0.192 e. The summed E-state index contributed by atoms with van der Waals surface area (Å²) in [6.07, 6.45) is 5.93. The monoisotopic (exact) mass is 260 g/mol.